The Labute approximate surface area is 69.5 Å². The second-order valence-electron chi connectivity index (χ2n) is 1.97. The number of nitrogens with zero attached hydrogens (tertiary/aromatic N) is 2. The van der Waals surface area contributed by atoms with Gasteiger partial charge in [0, 0.05) is 13.5 Å². The van der Waals surface area contributed by atoms with E-state index in [1.165, 1.54) is 0 Å². The molecule has 1 heterocycles. The zero-order valence-electron chi connectivity index (χ0n) is 6.21. The van der Waals surface area contributed by atoms with Crippen LogP contribution >= 0.6 is 11.6 Å². The van der Waals surface area contributed by atoms with E-state index in [0.717, 1.165) is 0 Å². The molecule has 1 aromatic heterocycles. The third-order valence-corrected chi connectivity index (χ3v) is 1.37. The van der Waals surface area contributed by atoms with Gasteiger partial charge in [-0.05, 0) is 0 Å². The highest BCUT2D eigenvalue weighted by Crippen LogP contribution is 2.02. The molecule has 0 radical (unpaired) electrons. The maximum absolute atomic E-state index is 5.45. The molecule has 0 aliphatic carbocycles. The van der Waals surface area contributed by atoms with Crippen molar-refractivity contribution in [2.75, 3.05) is 13.7 Å². The summed E-state index contributed by atoms with van der Waals surface area (Å²) in [4.78, 5) is 0. The molecule has 1 rings (SSSR count). The normalized spacial score (nSPS) is 10.4. The van der Waals surface area contributed by atoms with E-state index in [1.807, 2.05) is 0 Å². The van der Waals surface area contributed by atoms with Gasteiger partial charge in [0.1, 0.15) is 5.88 Å². The van der Waals surface area contributed by atoms with Gasteiger partial charge in [0.25, 0.3) is 0 Å². The minimum atomic E-state index is 0.264. The first-order valence-corrected chi connectivity index (χ1v) is 3.76. The first kappa shape index (κ1) is 8.49. The fourth-order valence-corrected chi connectivity index (χ4v) is 0.741. The van der Waals surface area contributed by atoms with Crippen molar-refractivity contribution in [2.24, 2.45) is 0 Å². The number of hydrogen-bond acceptors (Lipinski definition) is 4. The van der Waals surface area contributed by atoms with Gasteiger partial charge < -0.3 is 9.15 Å². The number of hydrogen-bond donors (Lipinski definition) is 0. The van der Waals surface area contributed by atoms with Crippen LogP contribution in [0.2, 0.25) is 0 Å². The molecule has 0 saturated carbocycles. The van der Waals surface area contributed by atoms with E-state index in [-0.39, 0.29) is 5.88 Å². The topological polar surface area (TPSA) is 48.2 Å². The molecule has 0 aliphatic heterocycles. The number of halogens is 1. The van der Waals surface area contributed by atoms with Gasteiger partial charge in [0.05, 0.1) is 6.61 Å². The fraction of sp³-hybridized carbons (Fsp3) is 0.667. The second-order valence-corrected chi connectivity index (χ2v) is 2.23. The molecule has 11 heavy (non-hydrogen) atoms. The smallest absolute Gasteiger partial charge is 0.231 e. The van der Waals surface area contributed by atoms with Gasteiger partial charge in [-0.2, -0.15) is 0 Å². The maximum atomic E-state index is 5.45. The maximum Gasteiger partial charge on any atom is 0.231 e. The zero-order chi connectivity index (χ0) is 8.10. The lowest BCUT2D eigenvalue weighted by Gasteiger charge is -1.90. The molecule has 1 aromatic rings. The minimum Gasteiger partial charge on any atom is -0.424 e. The van der Waals surface area contributed by atoms with Gasteiger partial charge in [0.15, 0.2) is 0 Å². The summed E-state index contributed by atoms with van der Waals surface area (Å²) in [6, 6.07) is 0. The Hall–Kier alpha value is -0.610. The quantitative estimate of drug-likeness (QED) is 0.643. The molecule has 0 atom stereocenters. The van der Waals surface area contributed by atoms with Crippen molar-refractivity contribution >= 4 is 11.6 Å². The van der Waals surface area contributed by atoms with Crippen LogP contribution in [0.15, 0.2) is 4.42 Å². The van der Waals surface area contributed by atoms with Crippen LogP contribution in [-0.2, 0) is 17.0 Å². The summed E-state index contributed by atoms with van der Waals surface area (Å²) in [6.07, 6.45) is 0.639. The first-order chi connectivity index (χ1) is 5.36. The molecule has 0 saturated heterocycles. The lowest BCUT2D eigenvalue weighted by Crippen LogP contribution is -1.93. The predicted molar refractivity (Wildman–Crippen MR) is 39.4 cm³/mol. The van der Waals surface area contributed by atoms with Crippen molar-refractivity contribution in [2.45, 2.75) is 12.3 Å². The Morgan fingerprint density at radius 2 is 2.18 bits per heavy atom. The highest BCUT2D eigenvalue weighted by molar-refractivity contribution is 6.16. The van der Waals surface area contributed by atoms with Crippen molar-refractivity contribution in [1.29, 1.82) is 0 Å². The Kier molecular flexibility index (Phi) is 3.32. The number of methoxy groups -OCH3 is 1. The van der Waals surface area contributed by atoms with Gasteiger partial charge in [-0.3, -0.25) is 0 Å². The molecule has 0 unspecified atom stereocenters. The van der Waals surface area contributed by atoms with E-state index in [1.54, 1.807) is 7.11 Å². The van der Waals surface area contributed by atoms with Crippen LogP contribution in [0.5, 0.6) is 0 Å². The van der Waals surface area contributed by atoms with E-state index >= 15 is 0 Å². The van der Waals surface area contributed by atoms with E-state index < -0.39 is 0 Å². The lowest BCUT2D eigenvalue weighted by molar-refractivity contribution is 0.194. The monoisotopic (exact) mass is 176 g/mol. The minimum absolute atomic E-state index is 0.264. The Bertz CT molecular complexity index is 214. The summed E-state index contributed by atoms with van der Waals surface area (Å²) in [5.74, 6) is 1.29. The van der Waals surface area contributed by atoms with Gasteiger partial charge >= 0.3 is 0 Å². The van der Waals surface area contributed by atoms with Crippen molar-refractivity contribution in [3.05, 3.63) is 11.8 Å². The lowest BCUT2D eigenvalue weighted by atomic mass is 10.5. The van der Waals surface area contributed by atoms with Gasteiger partial charge in [-0.25, -0.2) is 0 Å². The number of ether oxygens (including phenoxy) is 1. The van der Waals surface area contributed by atoms with E-state index in [0.29, 0.717) is 24.8 Å². The van der Waals surface area contributed by atoms with Crippen molar-refractivity contribution in [1.82, 2.24) is 10.2 Å². The fourth-order valence-electron chi connectivity index (χ4n) is 0.633. The van der Waals surface area contributed by atoms with Crippen LogP contribution in [0.1, 0.15) is 11.8 Å². The Morgan fingerprint density at radius 1 is 1.45 bits per heavy atom. The average Bonchev–Trinajstić information content (AvgIpc) is 2.48. The molecule has 0 amide bonds. The largest absolute Gasteiger partial charge is 0.424 e. The predicted octanol–water partition coefficient (Wildman–Crippen LogP) is 0.997. The van der Waals surface area contributed by atoms with Crippen molar-refractivity contribution < 1.29 is 9.15 Å². The molecular formula is C6H9ClN2O2. The summed E-state index contributed by atoms with van der Waals surface area (Å²) in [5.41, 5.74) is 0. The summed E-state index contributed by atoms with van der Waals surface area (Å²) in [6.45, 7) is 0.587. The van der Waals surface area contributed by atoms with Crippen LogP contribution in [0, 0.1) is 0 Å². The van der Waals surface area contributed by atoms with Gasteiger partial charge in [-0.1, -0.05) is 0 Å². The number of alkyl halides is 1. The summed E-state index contributed by atoms with van der Waals surface area (Å²) >= 11 is 5.45. The molecule has 0 fully saturated rings. The van der Waals surface area contributed by atoms with Crippen molar-refractivity contribution in [3.63, 3.8) is 0 Å². The third kappa shape index (κ3) is 2.48. The molecule has 0 bridgehead atoms. The van der Waals surface area contributed by atoms with Crippen molar-refractivity contribution in [3.8, 4) is 0 Å². The second kappa shape index (κ2) is 4.31. The standard InChI is InChI=1S/C6H9ClN2O2/c1-10-3-2-5-8-9-6(4-7)11-5/h2-4H2,1H3. The SMILES string of the molecule is COCCc1nnc(CCl)o1. The molecular weight excluding hydrogens is 168 g/mol. The number of rotatable bonds is 4. The summed E-state index contributed by atoms with van der Waals surface area (Å²) in [5, 5.41) is 7.43. The molecule has 0 aromatic carbocycles. The molecule has 4 nitrogen and oxygen atoms in total. The first-order valence-electron chi connectivity index (χ1n) is 3.23. The zero-order valence-corrected chi connectivity index (χ0v) is 6.97. The van der Waals surface area contributed by atoms with Crippen LogP contribution in [0.3, 0.4) is 0 Å². The third-order valence-electron chi connectivity index (χ3n) is 1.14. The molecule has 5 heteroatoms. The summed E-state index contributed by atoms with van der Waals surface area (Å²) < 4.78 is 9.93. The molecule has 0 N–H and O–H groups in total. The van der Waals surface area contributed by atoms with E-state index in [4.69, 9.17) is 20.8 Å². The number of aromatic nitrogens is 2. The van der Waals surface area contributed by atoms with Crippen LogP contribution < -0.4 is 0 Å². The highest BCUT2D eigenvalue weighted by atomic mass is 35.5. The van der Waals surface area contributed by atoms with Gasteiger partial charge in [0.2, 0.25) is 11.8 Å². The van der Waals surface area contributed by atoms with Crippen LogP contribution in [0.4, 0.5) is 0 Å². The van der Waals surface area contributed by atoms with Gasteiger partial charge in [-0.15, -0.1) is 21.8 Å². The van der Waals surface area contributed by atoms with E-state index in [9.17, 15) is 0 Å². The molecule has 0 spiro atoms. The molecule has 62 valence electrons. The average molecular weight is 177 g/mol. The van der Waals surface area contributed by atoms with Crippen LogP contribution in [0.25, 0.3) is 0 Å². The Morgan fingerprint density at radius 3 is 2.73 bits per heavy atom. The summed E-state index contributed by atoms with van der Waals surface area (Å²) in [7, 11) is 1.62. The highest BCUT2D eigenvalue weighted by Gasteiger charge is 2.02. The molecule has 0 aliphatic rings. The van der Waals surface area contributed by atoms with Crippen LogP contribution in [-0.4, -0.2) is 23.9 Å². The Balaban J connectivity index is 2.44. The van der Waals surface area contributed by atoms with E-state index in [2.05, 4.69) is 10.2 Å².